The molecule has 4 heterocycles. The van der Waals surface area contributed by atoms with Gasteiger partial charge in [-0.05, 0) is 68.1 Å². The third kappa shape index (κ3) is 5.23. The van der Waals surface area contributed by atoms with Gasteiger partial charge in [-0.3, -0.25) is 9.59 Å². The molecule has 4 aromatic rings. The largest absolute Gasteiger partial charge is 0.382 e. The number of hydrogen-bond donors (Lipinski definition) is 2. The van der Waals surface area contributed by atoms with Crippen LogP contribution in [0.5, 0.6) is 0 Å². The summed E-state index contributed by atoms with van der Waals surface area (Å²) in [7, 11) is 0. The number of nitrogen functional groups attached to an aromatic ring is 1. The molecule has 1 aliphatic heterocycles. The van der Waals surface area contributed by atoms with Gasteiger partial charge in [-0.1, -0.05) is 0 Å². The average Bonchev–Trinajstić information content (AvgIpc) is 3.72. The zero-order valence-corrected chi connectivity index (χ0v) is 23.5. The minimum atomic E-state index is -3.08. The van der Waals surface area contributed by atoms with Crippen LogP contribution in [0, 0.1) is 5.92 Å². The molecule has 206 valence electrons. The summed E-state index contributed by atoms with van der Waals surface area (Å²) in [5.41, 5.74) is 8.60. The SMILES string of the molecule is Nc1nccc2c([C@@H]3CCCN(C(=O)C4CC4)C3)nn(-c3ccc(C(=O)Nc4cc(C(F)(F)I)ccn4)cc3)c12. The van der Waals surface area contributed by atoms with E-state index in [-0.39, 0.29) is 29.1 Å². The van der Waals surface area contributed by atoms with E-state index in [1.165, 1.54) is 12.3 Å². The molecular formula is C28H26F2IN7O2. The molecule has 0 spiro atoms. The quantitative estimate of drug-likeness (QED) is 0.216. The molecule has 1 aliphatic carbocycles. The maximum atomic E-state index is 13.7. The maximum Gasteiger partial charge on any atom is 0.321 e. The number of benzene rings is 1. The topological polar surface area (TPSA) is 119 Å². The molecule has 9 nitrogen and oxygen atoms in total. The van der Waals surface area contributed by atoms with Crippen molar-refractivity contribution in [1.82, 2.24) is 24.6 Å². The van der Waals surface area contributed by atoms with Gasteiger partial charge >= 0.3 is 3.93 Å². The second kappa shape index (κ2) is 10.4. The Bertz CT molecular complexity index is 1600. The number of nitrogens with two attached hydrogens (primary N) is 1. The van der Waals surface area contributed by atoms with Crippen LogP contribution in [0.1, 0.15) is 53.2 Å². The molecular weight excluding hydrogens is 631 g/mol. The first-order valence-electron chi connectivity index (χ1n) is 13.1. The average molecular weight is 657 g/mol. The van der Waals surface area contributed by atoms with E-state index in [1.54, 1.807) is 35.1 Å². The van der Waals surface area contributed by atoms with Crippen molar-refractivity contribution in [2.45, 2.75) is 35.5 Å². The van der Waals surface area contributed by atoms with Crippen molar-refractivity contribution in [3.8, 4) is 5.69 Å². The Kier molecular flexibility index (Phi) is 6.88. The molecule has 6 rings (SSSR count). The van der Waals surface area contributed by atoms with Gasteiger partial charge in [0.05, 0.1) is 11.4 Å². The number of carbonyl (C=O) groups is 2. The lowest BCUT2D eigenvalue weighted by Crippen LogP contribution is -2.40. The van der Waals surface area contributed by atoms with Gasteiger partial charge in [-0.15, -0.1) is 0 Å². The number of aromatic nitrogens is 4. The zero-order chi connectivity index (χ0) is 28.0. The molecule has 0 unspecified atom stereocenters. The van der Waals surface area contributed by atoms with E-state index >= 15 is 0 Å². The van der Waals surface area contributed by atoms with Crippen molar-refractivity contribution in [1.29, 1.82) is 0 Å². The summed E-state index contributed by atoms with van der Waals surface area (Å²) in [6, 6.07) is 11.0. The van der Waals surface area contributed by atoms with Crippen LogP contribution < -0.4 is 11.1 Å². The Hall–Kier alpha value is -3.68. The number of piperidine rings is 1. The number of anilines is 2. The minimum Gasteiger partial charge on any atom is -0.382 e. The lowest BCUT2D eigenvalue weighted by atomic mass is 9.92. The standard InChI is InChI=1S/C28H26F2IN7O2/c29-28(30,31)19-9-11-33-22(14-19)35-26(39)16-5-7-20(8-6-16)38-24-21(10-12-34-25(24)32)23(36-38)18-2-1-13-37(15-18)27(40)17-3-4-17/h5-12,14,17-18H,1-4,13,15H2,(H2,32,34)(H,33,35,39)/t18-/m1/s1. The van der Waals surface area contributed by atoms with E-state index in [1.807, 2.05) is 11.0 Å². The number of halogens is 3. The highest BCUT2D eigenvalue weighted by Gasteiger charge is 2.36. The first kappa shape index (κ1) is 26.5. The highest BCUT2D eigenvalue weighted by molar-refractivity contribution is 14.1. The smallest absolute Gasteiger partial charge is 0.321 e. The molecule has 1 aromatic carbocycles. The molecule has 0 bridgehead atoms. The van der Waals surface area contributed by atoms with Crippen LogP contribution >= 0.6 is 22.6 Å². The Morgan fingerprint density at radius 3 is 2.52 bits per heavy atom. The van der Waals surface area contributed by atoms with E-state index in [0.717, 1.165) is 72.0 Å². The highest BCUT2D eigenvalue weighted by Crippen LogP contribution is 2.38. The second-order valence-electron chi connectivity index (χ2n) is 10.2. The maximum absolute atomic E-state index is 13.7. The Labute approximate surface area is 242 Å². The van der Waals surface area contributed by atoms with Gasteiger partial charge < -0.3 is 16.0 Å². The summed E-state index contributed by atoms with van der Waals surface area (Å²) in [5, 5.41) is 8.41. The summed E-state index contributed by atoms with van der Waals surface area (Å²) in [5.74, 6) is 0.376. The predicted octanol–water partition coefficient (Wildman–Crippen LogP) is 5.25. The van der Waals surface area contributed by atoms with E-state index in [4.69, 9.17) is 10.8 Å². The molecule has 2 fully saturated rings. The third-order valence-electron chi connectivity index (χ3n) is 7.40. The van der Waals surface area contributed by atoms with Gasteiger partial charge in [0.2, 0.25) is 5.91 Å². The van der Waals surface area contributed by atoms with Crippen molar-refractivity contribution in [3.63, 3.8) is 0 Å². The van der Waals surface area contributed by atoms with Crippen LogP contribution in [-0.4, -0.2) is 49.6 Å². The fourth-order valence-electron chi connectivity index (χ4n) is 5.21. The molecule has 2 aliphatic rings. The zero-order valence-electron chi connectivity index (χ0n) is 21.4. The summed E-state index contributed by atoms with van der Waals surface area (Å²) in [6.07, 6.45) is 6.67. The second-order valence-corrected chi connectivity index (χ2v) is 11.6. The number of fused-ring (bicyclic) bond motifs is 1. The van der Waals surface area contributed by atoms with E-state index in [9.17, 15) is 18.4 Å². The Balaban J connectivity index is 1.27. The molecule has 1 saturated heterocycles. The predicted molar refractivity (Wildman–Crippen MR) is 155 cm³/mol. The number of hydrogen-bond acceptors (Lipinski definition) is 6. The fraction of sp³-hybridized carbons (Fsp3) is 0.321. The van der Waals surface area contributed by atoms with Gasteiger partial charge in [-0.25, -0.2) is 14.6 Å². The number of likely N-dealkylation sites (tertiary alicyclic amines) is 1. The minimum absolute atomic E-state index is 0.0335. The van der Waals surface area contributed by atoms with Crippen molar-refractivity contribution in [2.24, 2.45) is 5.92 Å². The molecule has 40 heavy (non-hydrogen) atoms. The Morgan fingerprint density at radius 1 is 1.05 bits per heavy atom. The number of nitrogens with zero attached hydrogens (tertiary/aromatic N) is 5. The number of carbonyl (C=O) groups excluding carboxylic acids is 2. The van der Waals surface area contributed by atoms with Crippen molar-refractivity contribution >= 4 is 56.9 Å². The van der Waals surface area contributed by atoms with Gasteiger partial charge in [0.1, 0.15) is 17.2 Å². The summed E-state index contributed by atoms with van der Waals surface area (Å²) < 4.78 is 26.0. The monoisotopic (exact) mass is 657 g/mol. The van der Waals surface area contributed by atoms with E-state index in [0.29, 0.717) is 29.1 Å². The highest BCUT2D eigenvalue weighted by atomic mass is 127. The molecule has 3 N–H and O–H groups in total. The number of pyridine rings is 2. The van der Waals surface area contributed by atoms with Crippen LogP contribution in [0.2, 0.25) is 0 Å². The van der Waals surface area contributed by atoms with Gasteiger partial charge in [0.15, 0.2) is 0 Å². The number of rotatable bonds is 6. The van der Waals surface area contributed by atoms with Crippen LogP contribution in [0.3, 0.4) is 0 Å². The van der Waals surface area contributed by atoms with Crippen LogP contribution in [0.25, 0.3) is 16.6 Å². The van der Waals surface area contributed by atoms with Crippen molar-refractivity contribution in [2.75, 3.05) is 24.1 Å². The van der Waals surface area contributed by atoms with Crippen LogP contribution in [0.15, 0.2) is 54.9 Å². The summed E-state index contributed by atoms with van der Waals surface area (Å²) in [6.45, 7) is 1.40. The summed E-state index contributed by atoms with van der Waals surface area (Å²) >= 11 is 1.03. The molecule has 1 atom stereocenters. The van der Waals surface area contributed by atoms with E-state index in [2.05, 4.69) is 15.3 Å². The summed E-state index contributed by atoms with van der Waals surface area (Å²) in [4.78, 5) is 35.8. The number of nitrogens with one attached hydrogen (secondary N) is 1. The van der Waals surface area contributed by atoms with E-state index < -0.39 is 9.84 Å². The number of amides is 2. The van der Waals surface area contributed by atoms with Crippen molar-refractivity contribution < 1.29 is 18.4 Å². The van der Waals surface area contributed by atoms with Crippen LogP contribution in [0.4, 0.5) is 20.4 Å². The van der Waals surface area contributed by atoms with Gasteiger partial charge in [0, 0.05) is 76.4 Å². The molecule has 0 radical (unpaired) electrons. The molecule has 2 amide bonds. The van der Waals surface area contributed by atoms with Gasteiger partial charge in [0.25, 0.3) is 5.91 Å². The number of alkyl halides is 3. The van der Waals surface area contributed by atoms with Crippen LogP contribution in [-0.2, 0) is 8.72 Å². The fourth-order valence-corrected chi connectivity index (χ4v) is 5.54. The Morgan fingerprint density at radius 2 is 1.80 bits per heavy atom. The van der Waals surface area contributed by atoms with Gasteiger partial charge in [-0.2, -0.15) is 13.9 Å². The molecule has 3 aromatic heterocycles. The first-order valence-corrected chi connectivity index (χ1v) is 14.1. The normalized spacial score (nSPS) is 17.7. The van der Waals surface area contributed by atoms with Crippen molar-refractivity contribution in [3.05, 3.63) is 71.7 Å². The molecule has 12 heteroatoms. The third-order valence-corrected chi connectivity index (χ3v) is 8.02. The molecule has 1 saturated carbocycles. The first-order chi connectivity index (χ1) is 19.2. The lowest BCUT2D eigenvalue weighted by molar-refractivity contribution is -0.133. The lowest BCUT2D eigenvalue weighted by Gasteiger charge is -2.32.